The Balaban J connectivity index is 1.87. The maximum absolute atomic E-state index is 12.4. The van der Waals surface area contributed by atoms with Gasteiger partial charge in [-0.25, -0.2) is 0 Å². The number of carbonyl (C=O) groups is 1. The lowest BCUT2D eigenvalue weighted by Gasteiger charge is -2.16. The van der Waals surface area contributed by atoms with E-state index in [4.69, 9.17) is 0 Å². The maximum atomic E-state index is 12.4. The molecule has 1 aromatic carbocycles. The summed E-state index contributed by atoms with van der Waals surface area (Å²) in [5.74, 6) is -0.150. The first-order valence-electron chi connectivity index (χ1n) is 7.11. The average Bonchev–Trinajstić information content (AvgIpc) is 2.67. The molecule has 0 saturated carbocycles. The molecule has 2 N–H and O–H groups in total. The third-order valence-corrected chi connectivity index (χ3v) is 3.56. The van der Waals surface area contributed by atoms with Crippen LogP contribution in [0.15, 0.2) is 24.3 Å². The van der Waals surface area contributed by atoms with E-state index < -0.39 is 11.7 Å². The van der Waals surface area contributed by atoms with Crippen molar-refractivity contribution in [1.82, 2.24) is 10.6 Å². The van der Waals surface area contributed by atoms with Crippen LogP contribution in [0, 0.1) is 0 Å². The monoisotopic (exact) mass is 300 g/mol. The van der Waals surface area contributed by atoms with Gasteiger partial charge in [0, 0.05) is 12.6 Å². The molecule has 0 spiro atoms. The molecule has 1 atom stereocenters. The second-order valence-corrected chi connectivity index (χ2v) is 5.34. The molecule has 1 fully saturated rings. The zero-order valence-electron chi connectivity index (χ0n) is 11.7. The molecule has 2 rings (SSSR count). The molecular formula is C15H19F3N2O. The summed E-state index contributed by atoms with van der Waals surface area (Å²) in [5, 5.41) is 6.18. The number of benzene rings is 1. The predicted molar refractivity (Wildman–Crippen MR) is 73.8 cm³/mol. The van der Waals surface area contributed by atoms with Gasteiger partial charge in [-0.3, -0.25) is 4.79 Å². The fraction of sp³-hybridized carbons (Fsp3) is 0.533. The van der Waals surface area contributed by atoms with Crippen molar-refractivity contribution in [1.29, 1.82) is 0 Å². The van der Waals surface area contributed by atoms with Crippen LogP contribution in [-0.4, -0.2) is 25.0 Å². The standard InChI is InChI=1S/C15H19F3N2O/c16-15(17,18)12-6-4-11(5-7-12)9-14(21)20-13-3-1-2-8-19-10-13/h4-7,13,19H,1-3,8-10H2,(H,20,21). The number of halogens is 3. The molecule has 0 bridgehead atoms. The predicted octanol–water partition coefficient (Wildman–Crippen LogP) is 2.51. The highest BCUT2D eigenvalue weighted by Gasteiger charge is 2.30. The Morgan fingerprint density at radius 2 is 1.95 bits per heavy atom. The molecule has 0 aliphatic carbocycles. The van der Waals surface area contributed by atoms with Crippen LogP contribution in [0.2, 0.25) is 0 Å². The van der Waals surface area contributed by atoms with Gasteiger partial charge in [0.15, 0.2) is 0 Å². The van der Waals surface area contributed by atoms with Crippen LogP contribution in [0.5, 0.6) is 0 Å². The van der Waals surface area contributed by atoms with E-state index in [0.29, 0.717) is 5.56 Å². The topological polar surface area (TPSA) is 41.1 Å². The Kier molecular flexibility index (Phi) is 5.22. The second kappa shape index (κ2) is 6.93. The molecule has 6 heteroatoms. The lowest BCUT2D eigenvalue weighted by molar-refractivity contribution is -0.137. The molecule has 1 heterocycles. The average molecular weight is 300 g/mol. The highest BCUT2D eigenvalue weighted by molar-refractivity contribution is 5.78. The van der Waals surface area contributed by atoms with Gasteiger partial charge in [-0.05, 0) is 37.1 Å². The van der Waals surface area contributed by atoms with Gasteiger partial charge in [0.2, 0.25) is 5.91 Å². The summed E-state index contributed by atoms with van der Waals surface area (Å²) < 4.78 is 37.3. The minimum Gasteiger partial charge on any atom is -0.352 e. The van der Waals surface area contributed by atoms with E-state index in [1.54, 1.807) is 0 Å². The third-order valence-electron chi connectivity index (χ3n) is 3.56. The van der Waals surface area contributed by atoms with Crippen LogP contribution in [0.4, 0.5) is 13.2 Å². The first-order chi connectivity index (χ1) is 9.95. The lowest BCUT2D eigenvalue weighted by atomic mass is 10.1. The fourth-order valence-corrected chi connectivity index (χ4v) is 2.42. The van der Waals surface area contributed by atoms with Crippen LogP contribution < -0.4 is 10.6 Å². The molecule has 116 valence electrons. The molecule has 1 aliphatic heterocycles. The van der Waals surface area contributed by atoms with E-state index in [1.165, 1.54) is 12.1 Å². The van der Waals surface area contributed by atoms with Crippen molar-refractivity contribution >= 4 is 5.91 Å². The molecule has 1 aromatic rings. The zero-order chi connectivity index (χ0) is 15.3. The van der Waals surface area contributed by atoms with Crippen LogP contribution in [-0.2, 0) is 17.4 Å². The van der Waals surface area contributed by atoms with Gasteiger partial charge in [-0.2, -0.15) is 13.2 Å². The number of carbonyl (C=O) groups excluding carboxylic acids is 1. The van der Waals surface area contributed by atoms with E-state index >= 15 is 0 Å². The summed E-state index contributed by atoms with van der Waals surface area (Å²) in [6.45, 7) is 1.71. The van der Waals surface area contributed by atoms with Crippen molar-refractivity contribution in [2.45, 2.75) is 37.9 Å². The Morgan fingerprint density at radius 3 is 2.62 bits per heavy atom. The molecule has 1 unspecified atom stereocenters. The summed E-state index contributed by atoms with van der Waals surface area (Å²) >= 11 is 0. The Morgan fingerprint density at radius 1 is 1.24 bits per heavy atom. The van der Waals surface area contributed by atoms with Crippen molar-refractivity contribution in [3.63, 3.8) is 0 Å². The van der Waals surface area contributed by atoms with E-state index in [2.05, 4.69) is 10.6 Å². The molecule has 0 radical (unpaired) electrons. The highest BCUT2D eigenvalue weighted by Crippen LogP contribution is 2.29. The molecule has 1 amide bonds. The number of hydrogen-bond donors (Lipinski definition) is 2. The van der Waals surface area contributed by atoms with Crippen molar-refractivity contribution in [2.24, 2.45) is 0 Å². The quantitative estimate of drug-likeness (QED) is 0.900. The van der Waals surface area contributed by atoms with E-state index in [-0.39, 0.29) is 18.4 Å². The molecule has 0 aromatic heterocycles. The molecular weight excluding hydrogens is 281 g/mol. The molecule has 1 aliphatic rings. The van der Waals surface area contributed by atoms with Crippen molar-refractivity contribution in [2.75, 3.05) is 13.1 Å². The normalized spacial score (nSPS) is 19.9. The van der Waals surface area contributed by atoms with Gasteiger partial charge in [0.1, 0.15) is 0 Å². The number of alkyl halides is 3. The summed E-state index contributed by atoms with van der Waals surface area (Å²) in [7, 11) is 0. The van der Waals surface area contributed by atoms with Gasteiger partial charge in [0.25, 0.3) is 0 Å². The van der Waals surface area contributed by atoms with Crippen LogP contribution in [0.25, 0.3) is 0 Å². The Labute approximate surface area is 121 Å². The molecule has 21 heavy (non-hydrogen) atoms. The van der Waals surface area contributed by atoms with Crippen LogP contribution in [0.3, 0.4) is 0 Å². The van der Waals surface area contributed by atoms with E-state index in [0.717, 1.165) is 44.5 Å². The van der Waals surface area contributed by atoms with Gasteiger partial charge >= 0.3 is 6.18 Å². The number of nitrogens with one attached hydrogen (secondary N) is 2. The van der Waals surface area contributed by atoms with E-state index in [9.17, 15) is 18.0 Å². The first kappa shape index (κ1) is 15.8. The molecule has 1 saturated heterocycles. The molecule has 3 nitrogen and oxygen atoms in total. The van der Waals surface area contributed by atoms with Crippen molar-refractivity contribution in [3.8, 4) is 0 Å². The van der Waals surface area contributed by atoms with Crippen LogP contribution in [0.1, 0.15) is 30.4 Å². The van der Waals surface area contributed by atoms with Crippen molar-refractivity contribution in [3.05, 3.63) is 35.4 Å². The second-order valence-electron chi connectivity index (χ2n) is 5.34. The van der Waals surface area contributed by atoms with Gasteiger partial charge in [0.05, 0.1) is 12.0 Å². The largest absolute Gasteiger partial charge is 0.416 e. The van der Waals surface area contributed by atoms with E-state index in [1.807, 2.05) is 0 Å². The Hall–Kier alpha value is -1.56. The summed E-state index contributed by atoms with van der Waals surface area (Å²) in [6.07, 6.45) is -1.13. The minimum atomic E-state index is -4.34. The minimum absolute atomic E-state index is 0.106. The SMILES string of the molecule is O=C(Cc1ccc(C(F)(F)F)cc1)NC1CCCCNC1. The summed E-state index contributed by atoms with van der Waals surface area (Å²) in [5.41, 5.74) is -0.110. The Bertz CT molecular complexity index is 463. The number of hydrogen-bond acceptors (Lipinski definition) is 2. The summed E-state index contributed by atoms with van der Waals surface area (Å²) in [4.78, 5) is 11.9. The summed E-state index contributed by atoms with van der Waals surface area (Å²) in [6, 6.07) is 4.84. The number of rotatable bonds is 3. The van der Waals surface area contributed by atoms with Gasteiger partial charge < -0.3 is 10.6 Å². The first-order valence-corrected chi connectivity index (χ1v) is 7.11. The number of amides is 1. The van der Waals surface area contributed by atoms with Crippen molar-refractivity contribution < 1.29 is 18.0 Å². The highest BCUT2D eigenvalue weighted by atomic mass is 19.4. The maximum Gasteiger partial charge on any atom is 0.416 e. The van der Waals surface area contributed by atoms with Gasteiger partial charge in [-0.1, -0.05) is 18.6 Å². The van der Waals surface area contributed by atoms with Crippen LogP contribution >= 0.6 is 0 Å². The third kappa shape index (κ3) is 5.04. The zero-order valence-corrected chi connectivity index (χ0v) is 11.7. The lowest BCUT2D eigenvalue weighted by Crippen LogP contribution is -2.41. The fourth-order valence-electron chi connectivity index (χ4n) is 2.42. The van der Waals surface area contributed by atoms with Gasteiger partial charge in [-0.15, -0.1) is 0 Å². The smallest absolute Gasteiger partial charge is 0.352 e.